The second-order valence-electron chi connectivity index (χ2n) is 4.60. The van der Waals surface area contributed by atoms with Crippen LogP contribution in [-0.2, 0) is 6.61 Å². The molecule has 0 aliphatic carbocycles. The Kier molecular flexibility index (Phi) is 3.85. The van der Waals surface area contributed by atoms with E-state index < -0.39 is 5.97 Å². The van der Waals surface area contributed by atoms with Crippen LogP contribution in [0.2, 0.25) is 0 Å². The molecule has 2 aromatic rings. The van der Waals surface area contributed by atoms with Gasteiger partial charge in [0.15, 0.2) is 0 Å². The van der Waals surface area contributed by atoms with Crippen molar-refractivity contribution < 1.29 is 14.6 Å². The molecular formula is C16H15O3-. The number of rotatable bonds is 4. The van der Waals surface area contributed by atoms with Crippen molar-refractivity contribution in [3.8, 4) is 5.75 Å². The maximum absolute atomic E-state index is 10.6. The average molecular weight is 255 g/mol. The van der Waals surface area contributed by atoms with Crippen LogP contribution in [0.25, 0.3) is 0 Å². The van der Waals surface area contributed by atoms with E-state index in [1.807, 2.05) is 26.0 Å². The predicted molar refractivity (Wildman–Crippen MR) is 71.0 cm³/mol. The van der Waals surface area contributed by atoms with E-state index in [1.165, 1.54) is 12.1 Å². The van der Waals surface area contributed by atoms with Crippen molar-refractivity contribution in [3.05, 3.63) is 64.7 Å². The highest BCUT2D eigenvalue weighted by molar-refractivity contribution is 5.85. The van der Waals surface area contributed by atoms with Gasteiger partial charge < -0.3 is 14.6 Å². The van der Waals surface area contributed by atoms with Crippen LogP contribution in [0.4, 0.5) is 0 Å². The summed E-state index contributed by atoms with van der Waals surface area (Å²) in [5.41, 5.74) is 3.41. The van der Waals surface area contributed by atoms with E-state index in [0.29, 0.717) is 6.61 Å². The van der Waals surface area contributed by atoms with Crippen LogP contribution < -0.4 is 9.84 Å². The second-order valence-corrected chi connectivity index (χ2v) is 4.60. The lowest BCUT2D eigenvalue weighted by Crippen LogP contribution is -2.22. The van der Waals surface area contributed by atoms with Crippen molar-refractivity contribution in [2.24, 2.45) is 0 Å². The quantitative estimate of drug-likeness (QED) is 0.842. The molecule has 0 amide bonds. The summed E-state index contributed by atoms with van der Waals surface area (Å²) in [6.45, 7) is 4.46. The number of carboxylic acid groups (broad SMARTS) is 1. The van der Waals surface area contributed by atoms with Crippen molar-refractivity contribution in [3.63, 3.8) is 0 Å². The van der Waals surface area contributed by atoms with Gasteiger partial charge in [0.05, 0.1) is 5.97 Å². The van der Waals surface area contributed by atoms with Gasteiger partial charge in [-0.05, 0) is 48.2 Å². The first-order chi connectivity index (χ1) is 9.04. The minimum atomic E-state index is -1.17. The average Bonchev–Trinajstić information content (AvgIpc) is 2.36. The topological polar surface area (TPSA) is 49.4 Å². The molecule has 0 radical (unpaired) electrons. The Morgan fingerprint density at radius 2 is 1.63 bits per heavy atom. The van der Waals surface area contributed by atoms with Gasteiger partial charge in [-0.2, -0.15) is 0 Å². The highest BCUT2D eigenvalue weighted by atomic mass is 16.5. The van der Waals surface area contributed by atoms with Crippen LogP contribution >= 0.6 is 0 Å². The van der Waals surface area contributed by atoms with E-state index in [4.69, 9.17) is 4.74 Å². The fourth-order valence-corrected chi connectivity index (χ4v) is 1.92. The maximum Gasteiger partial charge on any atom is 0.120 e. The molecule has 0 spiro atoms. The van der Waals surface area contributed by atoms with E-state index in [9.17, 15) is 9.90 Å². The molecule has 0 unspecified atom stereocenters. The Morgan fingerprint density at radius 3 is 2.16 bits per heavy atom. The largest absolute Gasteiger partial charge is 0.545 e. The lowest BCUT2D eigenvalue weighted by Gasteiger charge is -2.09. The molecule has 0 aromatic heterocycles. The van der Waals surface area contributed by atoms with Crippen LogP contribution in [0.1, 0.15) is 27.0 Å². The Labute approximate surface area is 112 Å². The van der Waals surface area contributed by atoms with Gasteiger partial charge >= 0.3 is 0 Å². The number of carboxylic acids is 1. The van der Waals surface area contributed by atoms with E-state index in [2.05, 4.69) is 6.07 Å². The summed E-state index contributed by atoms with van der Waals surface area (Å²) in [6, 6.07) is 12.5. The molecule has 0 aliphatic heterocycles. The molecule has 0 bridgehead atoms. The van der Waals surface area contributed by atoms with Gasteiger partial charge in [-0.3, -0.25) is 0 Å². The minimum Gasteiger partial charge on any atom is -0.545 e. The van der Waals surface area contributed by atoms with Gasteiger partial charge in [0.2, 0.25) is 0 Å². The molecule has 2 aromatic carbocycles. The van der Waals surface area contributed by atoms with Crippen molar-refractivity contribution in [1.82, 2.24) is 0 Å². The van der Waals surface area contributed by atoms with Gasteiger partial charge in [0.1, 0.15) is 12.4 Å². The highest BCUT2D eigenvalue weighted by Gasteiger charge is 1.99. The molecule has 0 saturated carbocycles. The summed E-state index contributed by atoms with van der Waals surface area (Å²) in [6.07, 6.45) is 0. The summed E-state index contributed by atoms with van der Waals surface area (Å²) in [7, 11) is 0. The Bertz CT molecular complexity index is 565. The van der Waals surface area contributed by atoms with Crippen LogP contribution in [0, 0.1) is 13.8 Å². The first-order valence-corrected chi connectivity index (χ1v) is 6.06. The third-order valence-electron chi connectivity index (χ3n) is 2.79. The number of hydrogen-bond acceptors (Lipinski definition) is 3. The molecule has 0 saturated heterocycles. The van der Waals surface area contributed by atoms with E-state index in [-0.39, 0.29) is 5.56 Å². The molecule has 0 aliphatic rings. The second kappa shape index (κ2) is 5.57. The van der Waals surface area contributed by atoms with Crippen molar-refractivity contribution in [2.45, 2.75) is 20.5 Å². The number of hydrogen-bond donors (Lipinski definition) is 0. The molecule has 0 N–H and O–H groups in total. The summed E-state index contributed by atoms with van der Waals surface area (Å²) in [4.78, 5) is 10.6. The standard InChI is InChI=1S/C16H16O3/c1-11-7-12(2)9-15(8-11)19-10-13-3-5-14(6-4-13)16(17)18/h3-9H,10H2,1-2H3,(H,17,18)/p-1. The van der Waals surface area contributed by atoms with E-state index >= 15 is 0 Å². The zero-order valence-electron chi connectivity index (χ0n) is 11.0. The predicted octanol–water partition coefficient (Wildman–Crippen LogP) is 2.25. The number of carbonyl (C=O) groups is 1. The van der Waals surface area contributed by atoms with Crippen LogP contribution in [0.15, 0.2) is 42.5 Å². The van der Waals surface area contributed by atoms with Crippen molar-refractivity contribution in [1.29, 1.82) is 0 Å². The molecule has 0 atom stereocenters. The highest BCUT2D eigenvalue weighted by Crippen LogP contribution is 2.17. The Morgan fingerprint density at radius 1 is 1.05 bits per heavy atom. The van der Waals surface area contributed by atoms with Crippen LogP contribution in [0.5, 0.6) is 5.75 Å². The van der Waals surface area contributed by atoms with E-state index in [0.717, 1.165) is 22.4 Å². The summed E-state index contributed by atoms with van der Waals surface area (Å²) in [5.74, 6) is -0.344. The zero-order chi connectivity index (χ0) is 13.8. The fourth-order valence-electron chi connectivity index (χ4n) is 1.92. The number of aryl methyl sites for hydroxylation is 2. The third kappa shape index (κ3) is 3.58. The molecule has 98 valence electrons. The van der Waals surface area contributed by atoms with Gasteiger partial charge in [0.25, 0.3) is 0 Å². The number of aromatic carboxylic acids is 1. The minimum absolute atomic E-state index is 0.176. The van der Waals surface area contributed by atoms with Gasteiger partial charge in [-0.15, -0.1) is 0 Å². The Hall–Kier alpha value is -2.29. The zero-order valence-corrected chi connectivity index (χ0v) is 11.0. The van der Waals surface area contributed by atoms with Gasteiger partial charge in [-0.25, -0.2) is 0 Å². The smallest absolute Gasteiger partial charge is 0.120 e. The van der Waals surface area contributed by atoms with E-state index in [1.54, 1.807) is 12.1 Å². The number of carbonyl (C=O) groups excluding carboxylic acids is 1. The van der Waals surface area contributed by atoms with Gasteiger partial charge in [0, 0.05) is 0 Å². The van der Waals surface area contributed by atoms with Crippen molar-refractivity contribution in [2.75, 3.05) is 0 Å². The molecule has 0 heterocycles. The maximum atomic E-state index is 10.6. The molecular weight excluding hydrogens is 240 g/mol. The first kappa shape index (κ1) is 13.1. The monoisotopic (exact) mass is 255 g/mol. The Balaban J connectivity index is 2.03. The summed E-state index contributed by atoms with van der Waals surface area (Å²) in [5, 5.41) is 10.6. The molecule has 19 heavy (non-hydrogen) atoms. The number of benzene rings is 2. The van der Waals surface area contributed by atoms with Crippen LogP contribution in [0.3, 0.4) is 0 Å². The number of ether oxygens (including phenoxy) is 1. The first-order valence-electron chi connectivity index (χ1n) is 6.06. The fraction of sp³-hybridized carbons (Fsp3) is 0.188. The molecule has 3 heteroatoms. The SMILES string of the molecule is Cc1cc(C)cc(OCc2ccc(C(=O)[O-])cc2)c1. The normalized spacial score (nSPS) is 10.2. The third-order valence-corrected chi connectivity index (χ3v) is 2.79. The molecule has 0 fully saturated rings. The molecule has 3 nitrogen and oxygen atoms in total. The summed E-state index contributed by atoms with van der Waals surface area (Å²) < 4.78 is 5.69. The van der Waals surface area contributed by atoms with Gasteiger partial charge in [-0.1, -0.05) is 30.3 Å². The molecule has 2 rings (SSSR count). The van der Waals surface area contributed by atoms with Crippen LogP contribution in [-0.4, -0.2) is 5.97 Å². The summed E-state index contributed by atoms with van der Waals surface area (Å²) >= 11 is 0. The lowest BCUT2D eigenvalue weighted by atomic mass is 10.1. The van der Waals surface area contributed by atoms with Crippen molar-refractivity contribution >= 4 is 5.97 Å². The lowest BCUT2D eigenvalue weighted by molar-refractivity contribution is -0.255.